The number of hydrogen-bond acceptors (Lipinski definition) is 3. The fourth-order valence-electron chi connectivity index (χ4n) is 1.94. The molecule has 0 radical (unpaired) electrons. The van der Waals surface area contributed by atoms with E-state index in [0.717, 1.165) is 31.2 Å². The van der Waals surface area contributed by atoms with E-state index in [0.29, 0.717) is 6.42 Å². The number of amides is 1. The van der Waals surface area contributed by atoms with Gasteiger partial charge in [-0.2, -0.15) is 0 Å². The van der Waals surface area contributed by atoms with E-state index in [1.165, 1.54) is 0 Å². The van der Waals surface area contributed by atoms with Gasteiger partial charge in [0, 0.05) is 0 Å². The number of carboxylic acids is 1. The van der Waals surface area contributed by atoms with Crippen molar-refractivity contribution < 1.29 is 19.4 Å². The molecule has 0 fully saturated rings. The summed E-state index contributed by atoms with van der Waals surface area (Å²) in [7, 11) is 0. The molecule has 0 aliphatic rings. The van der Waals surface area contributed by atoms with E-state index < -0.39 is 18.1 Å². The molecule has 1 atom stereocenters. The molecule has 0 spiro atoms. The molecule has 0 saturated carbocycles. The Morgan fingerprint density at radius 2 is 1.90 bits per heavy atom. The number of carbonyl (C=O) groups is 2. The highest BCUT2D eigenvalue weighted by Gasteiger charge is 2.19. The molecule has 2 N–H and O–H groups in total. The first-order chi connectivity index (χ1) is 10.1. The van der Waals surface area contributed by atoms with E-state index >= 15 is 0 Å². The van der Waals surface area contributed by atoms with Gasteiger partial charge in [0.25, 0.3) is 0 Å². The summed E-state index contributed by atoms with van der Waals surface area (Å²) in [5, 5.41) is 11.5. The van der Waals surface area contributed by atoms with Crippen LogP contribution in [-0.4, -0.2) is 23.2 Å². The summed E-state index contributed by atoms with van der Waals surface area (Å²) in [6.07, 6.45) is 3.65. The molecule has 21 heavy (non-hydrogen) atoms. The van der Waals surface area contributed by atoms with Crippen LogP contribution in [-0.2, 0) is 16.1 Å². The predicted molar refractivity (Wildman–Crippen MR) is 79.9 cm³/mol. The Hall–Kier alpha value is -2.04. The second-order valence-electron chi connectivity index (χ2n) is 4.95. The maximum atomic E-state index is 11.6. The van der Waals surface area contributed by atoms with Crippen molar-refractivity contribution in [1.29, 1.82) is 0 Å². The lowest BCUT2D eigenvalue weighted by molar-refractivity contribution is -0.139. The third-order valence-electron chi connectivity index (χ3n) is 3.15. The quantitative estimate of drug-likeness (QED) is 0.685. The van der Waals surface area contributed by atoms with Gasteiger partial charge in [0.05, 0.1) is 0 Å². The Labute approximate surface area is 125 Å². The molecule has 5 heteroatoms. The van der Waals surface area contributed by atoms with Crippen molar-refractivity contribution in [3.63, 3.8) is 0 Å². The van der Waals surface area contributed by atoms with Crippen LogP contribution < -0.4 is 5.32 Å². The summed E-state index contributed by atoms with van der Waals surface area (Å²) >= 11 is 0. The van der Waals surface area contributed by atoms with Gasteiger partial charge in [-0.05, 0) is 12.0 Å². The lowest BCUT2D eigenvalue weighted by Crippen LogP contribution is -2.40. The van der Waals surface area contributed by atoms with E-state index in [-0.39, 0.29) is 6.61 Å². The van der Waals surface area contributed by atoms with E-state index in [9.17, 15) is 9.59 Å². The molecule has 5 nitrogen and oxygen atoms in total. The summed E-state index contributed by atoms with van der Waals surface area (Å²) in [5.41, 5.74) is 0.863. The number of aliphatic carboxylic acids is 1. The van der Waals surface area contributed by atoms with Crippen molar-refractivity contribution in [2.75, 3.05) is 0 Å². The summed E-state index contributed by atoms with van der Waals surface area (Å²) in [5.74, 6) is -1.02. The number of benzene rings is 1. The van der Waals surface area contributed by atoms with Gasteiger partial charge in [0.2, 0.25) is 0 Å². The molecule has 116 valence electrons. The Bertz CT molecular complexity index is 433. The minimum atomic E-state index is -1.02. The summed E-state index contributed by atoms with van der Waals surface area (Å²) < 4.78 is 5.02. The average molecular weight is 293 g/mol. The van der Waals surface area contributed by atoms with E-state index in [1.54, 1.807) is 0 Å². The molecule has 0 aromatic heterocycles. The number of carboxylic acid groups (broad SMARTS) is 1. The van der Waals surface area contributed by atoms with Crippen molar-refractivity contribution in [2.45, 2.75) is 51.7 Å². The first-order valence-electron chi connectivity index (χ1n) is 7.33. The second-order valence-corrected chi connectivity index (χ2v) is 4.95. The first kappa shape index (κ1) is 17.0. The van der Waals surface area contributed by atoms with E-state index in [4.69, 9.17) is 9.84 Å². The summed E-state index contributed by atoms with van der Waals surface area (Å²) in [6, 6.07) is 8.37. The third kappa shape index (κ3) is 7.34. The van der Waals surface area contributed by atoms with Gasteiger partial charge in [-0.3, -0.25) is 0 Å². The van der Waals surface area contributed by atoms with Crippen molar-refractivity contribution in [3.05, 3.63) is 35.9 Å². The first-order valence-corrected chi connectivity index (χ1v) is 7.33. The monoisotopic (exact) mass is 293 g/mol. The number of ether oxygens (including phenoxy) is 1. The van der Waals surface area contributed by atoms with Crippen LogP contribution in [0.5, 0.6) is 0 Å². The Morgan fingerprint density at radius 1 is 1.19 bits per heavy atom. The SMILES string of the molecule is CCCCCC[C@H](NC(=O)OCc1ccccc1)C(=O)O. The lowest BCUT2D eigenvalue weighted by atomic mass is 10.1. The zero-order chi connectivity index (χ0) is 15.5. The predicted octanol–water partition coefficient (Wildman–Crippen LogP) is 3.34. The molecule has 1 rings (SSSR count). The molecule has 1 aromatic rings. The Balaban J connectivity index is 2.33. The number of unbranched alkanes of at least 4 members (excludes halogenated alkanes) is 3. The zero-order valence-electron chi connectivity index (χ0n) is 12.4. The minimum absolute atomic E-state index is 0.134. The molecule has 1 aromatic carbocycles. The fourth-order valence-corrected chi connectivity index (χ4v) is 1.94. The number of carbonyl (C=O) groups excluding carboxylic acids is 1. The summed E-state index contributed by atoms with van der Waals surface area (Å²) in [4.78, 5) is 22.7. The third-order valence-corrected chi connectivity index (χ3v) is 3.15. The maximum Gasteiger partial charge on any atom is 0.408 e. The molecule has 0 bridgehead atoms. The van der Waals surface area contributed by atoms with Crippen molar-refractivity contribution in [1.82, 2.24) is 5.32 Å². The molecule has 0 aliphatic heterocycles. The van der Waals surface area contributed by atoms with Crippen molar-refractivity contribution in [2.24, 2.45) is 0 Å². The minimum Gasteiger partial charge on any atom is -0.480 e. The van der Waals surface area contributed by atoms with Gasteiger partial charge < -0.3 is 15.2 Å². The van der Waals surface area contributed by atoms with Crippen LogP contribution >= 0.6 is 0 Å². The lowest BCUT2D eigenvalue weighted by Gasteiger charge is -2.14. The average Bonchev–Trinajstić information content (AvgIpc) is 2.49. The Morgan fingerprint density at radius 3 is 2.52 bits per heavy atom. The van der Waals surface area contributed by atoms with Crippen LogP contribution in [0.4, 0.5) is 4.79 Å². The molecular weight excluding hydrogens is 270 g/mol. The van der Waals surface area contributed by atoms with Gasteiger partial charge >= 0.3 is 12.1 Å². The smallest absolute Gasteiger partial charge is 0.408 e. The van der Waals surface area contributed by atoms with Gasteiger partial charge in [0.1, 0.15) is 12.6 Å². The van der Waals surface area contributed by atoms with Gasteiger partial charge in [-0.1, -0.05) is 62.9 Å². The van der Waals surface area contributed by atoms with Crippen molar-refractivity contribution in [3.8, 4) is 0 Å². The van der Waals surface area contributed by atoms with E-state index in [1.807, 2.05) is 30.3 Å². The highest BCUT2D eigenvalue weighted by molar-refractivity contribution is 5.79. The number of alkyl carbamates (subject to hydrolysis) is 1. The topological polar surface area (TPSA) is 75.6 Å². The zero-order valence-corrected chi connectivity index (χ0v) is 12.4. The summed E-state index contributed by atoms with van der Waals surface area (Å²) in [6.45, 7) is 2.22. The molecule has 0 aliphatic carbocycles. The molecule has 0 saturated heterocycles. The van der Waals surface area contributed by atoms with Gasteiger partial charge in [-0.25, -0.2) is 9.59 Å². The maximum absolute atomic E-state index is 11.6. The fraction of sp³-hybridized carbons (Fsp3) is 0.500. The van der Waals surface area contributed by atoms with E-state index in [2.05, 4.69) is 12.2 Å². The van der Waals surface area contributed by atoms with Crippen LogP contribution in [0.3, 0.4) is 0 Å². The normalized spacial score (nSPS) is 11.7. The van der Waals surface area contributed by atoms with Crippen LogP contribution in [0.15, 0.2) is 30.3 Å². The highest BCUT2D eigenvalue weighted by atomic mass is 16.5. The highest BCUT2D eigenvalue weighted by Crippen LogP contribution is 2.07. The molecule has 0 heterocycles. The molecule has 0 unspecified atom stereocenters. The standard InChI is InChI=1S/C16H23NO4/c1-2-3-4-8-11-14(15(18)19)17-16(20)21-12-13-9-6-5-7-10-13/h5-7,9-10,14H,2-4,8,11-12H2,1H3,(H,17,20)(H,18,19)/t14-/m0/s1. The number of hydrogen-bond donors (Lipinski definition) is 2. The largest absolute Gasteiger partial charge is 0.480 e. The van der Waals surface area contributed by atoms with Crippen LogP contribution in [0.25, 0.3) is 0 Å². The second kappa shape index (κ2) is 9.80. The Kier molecular flexibility index (Phi) is 7.94. The molecule has 1 amide bonds. The van der Waals surface area contributed by atoms with Crippen LogP contribution in [0, 0.1) is 0 Å². The van der Waals surface area contributed by atoms with Crippen LogP contribution in [0.2, 0.25) is 0 Å². The van der Waals surface area contributed by atoms with Crippen LogP contribution in [0.1, 0.15) is 44.6 Å². The number of nitrogens with one attached hydrogen (secondary N) is 1. The van der Waals surface area contributed by atoms with Crippen molar-refractivity contribution >= 4 is 12.1 Å². The van der Waals surface area contributed by atoms with Gasteiger partial charge in [0.15, 0.2) is 0 Å². The number of rotatable bonds is 9. The molecular formula is C16H23NO4. The van der Waals surface area contributed by atoms with Gasteiger partial charge in [-0.15, -0.1) is 0 Å².